The molecule has 21 heavy (non-hydrogen) atoms. The third kappa shape index (κ3) is 3.79. The number of ketones is 1. The predicted molar refractivity (Wildman–Crippen MR) is 79.5 cm³/mol. The second-order valence-electron chi connectivity index (χ2n) is 4.34. The number of hydrogen-bond donors (Lipinski definition) is 1. The molecule has 4 heteroatoms. The highest BCUT2D eigenvalue weighted by atomic mass is 16.5. The first-order valence-corrected chi connectivity index (χ1v) is 6.30. The van der Waals surface area contributed by atoms with Crippen molar-refractivity contribution in [2.24, 2.45) is 0 Å². The Hall–Kier alpha value is -2.88. The molecule has 2 rings (SSSR count). The molecule has 2 aromatic carbocycles. The first-order valence-electron chi connectivity index (χ1n) is 6.30. The molecule has 0 aliphatic rings. The predicted octanol–water partition coefficient (Wildman–Crippen LogP) is 3.19. The van der Waals surface area contributed by atoms with E-state index in [1.807, 2.05) is 36.4 Å². The lowest BCUT2D eigenvalue weighted by Crippen LogP contribution is -1.96. The minimum Gasteiger partial charge on any atom is -0.497 e. The van der Waals surface area contributed by atoms with Crippen LogP contribution in [0, 0.1) is 0 Å². The van der Waals surface area contributed by atoms with Gasteiger partial charge in [0.1, 0.15) is 5.75 Å². The molecule has 1 N–H and O–H groups in total. The van der Waals surface area contributed by atoms with E-state index in [0.717, 1.165) is 29.0 Å². The van der Waals surface area contributed by atoms with Gasteiger partial charge in [-0.3, -0.25) is 4.79 Å². The average Bonchev–Trinajstić information content (AvgIpc) is 2.53. The van der Waals surface area contributed by atoms with Crippen LogP contribution in [0.2, 0.25) is 0 Å². The van der Waals surface area contributed by atoms with E-state index in [-0.39, 0.29) is 5.78 Å². The van der Waals surface area contributed by atoms with Crippen molar-refractivity contribution >= 4 is 11.8 Å². The number of carbonyl (C=O) groups is 2. The van der Waals surface area contributed by atoms with Gasteiger partial charge < -0.3 is 9.84 Å². The summed E-state index contributed by atoms with van der Waals surface area (Å²) < 4.78 is 5.10. The number of rotatable bonds is 5. The summed E-state index contributed by atoms with van der Waals surface area (Å²) in [6, 6.07) is 14.6. The molecule has 106 valence electrons. The Bertz CT molecular complexity index is 667. The van der Waals surface area contributed by atoms with Crippen molar-refractivity contribution in [1.82, 2.24) is 0 Å². The van der Waals surface area contributed by atoms with Crippen LogP contribution in [0.5, 0.6) is 5.75 Å². The van der Waals surface area contributed by atoms with Crippen LogP contribution in [0.15, 0.2) is 60.7 Å². The van der Waals surface area contributed by atoms with Gasteiger partial charge in [-0.05, 0) is 29.3 Å². The molecular formula is C17H14O4. The van der Waals surface area contributed by atoms with Crippen molar-refractivity contribution in [3.63, 3.8) is 0 Å². The molecule has 0 atom stereocenters. The minimum atomic E-state index is -1.14. The van der Waals surface area contributed by atoms with Gasteiger partial charge in [-0.2, -0.15) is 0 Å². The van der Waals surface area contributed by atoms with E-state index in [9.17, 15) is 9.59 Å². The zero-order chi connectivity index (χ0) is 15.2. The van der Waals surface area contributed by atoms with Crippen molar-refractivity contribution < 1.29 is 19.4 Å². The lowest BCUT2D eigenvalue weighted by Gasteiger charge is -2.04. The molecule has 0 unspecified atom stereocenters. The summed E-state index contributed by atoms with van der Waals surface area (Å²) in [7, 11) is 1.61. The summed E-state index contributed by atoms with van der Waals surface area (Å²) >= 11 is 0. The fraction of sp³-hybridized carbons (Fsp3) is 0.0588. The van der Waals surface area contributed by atoms with Crippen molar-refractivity contribution in [3.05, 3.63) is 66.2 Å². The Labute approximate surface area is 122 Å². The lowest BCUT2D eigenvalue weighted by molar-refractivity contribution is -0.131. The summed E-state index contributed by atoms with van der Waals surface area (Å²) in [5, 5.41) is 8.50. The number of carbonyl (C=O) groups excluding carboxylic acids is 1. The number of hydrogen-bond acceptors (Lipinski definition) is 3. The molecule has 0 aliphatic heterocycles. The van der Waals surface area contributed by atoms with Gasteiger partial charge in [0.2, 0.25) is 0 Å². The van der Waals surface area contributed by atoms with Crippen LogP contribution < -0.4 is 4.74 Å². The third-order valence-electron chi connectivity index (χ3n) is 2.97. The number of ether oxygens (including phenoxy) is 1. The van der Waals surface area contributed by atoms with Gasteiger partial charge in [0.05, 0.1) is 7.11 Å². The van der Waals surface area contributed by atoms with Crippen LogP contribution in [0.4, 0.5) is 0 Å². The maximum atomic E-state index is 11.7. The lowest BCUT2D eigenvalue weighted by atomic mass is 10.0. The number of carboxylic acids is 1. The SMILES string of the molecule is COc1ccc(-c2ccc(C(=O)/C=C/C(=O)O)cc2)cc1. The molecule has 2 aromatic rings. The summed E-state index contributed by atoms with van der Waals surface area (Å²) in [6.45, 7) is 0. The number of allylic oxidation sites excluding steroid dienone is 1. The van der Waals surface area contributed by atoms with Crippen LogP contribution in [0.3, 0.4) is 0 Å². The number of aliphatic carboxylic acids is 1. The smallest absolute Gasteiger partial charge is 0.328 e. The molecule has 0 saturated carbocycles. The largest absolute Gasteiger partial charge is 0.497 e. The van der Waals surface area contributed by atoms with E-state index in [1.54, 1.807) is 19.2 Å². The zero-order valence-electron chi connectivity index (χ0n) is 11.4. The normalized spacial score (nSPS) is 10.5. The van der Waals surface area contributed by atoms with E-state index in [2.05, 4.69) is 0 Å². The fourth-order valence-corrected chi connectivity index (χ4v) is 1.85. The maximum absolute atomic E-state index is 11.7. The third-order valence-corrected chi connectivity index (χ3v) is 2.97. The van der Waals surface area contributed by atoms with Crippen molar-refractivity contribution in [2.75, 3.05) is 7.11 Å². The topological polar surface area (TPSA) is 63.6 Å². The first-order chi connectivity index (χ1) is 10.1. The highest BCUT2D eigenvalue weighted by Crippen LogP contribution is 2.22. The Morgan fingerprint density at radius 1 is 0.905 bits per heavy atom. The Kier molecular flexibility index (Phi) is 4.51. The van der Waals surface area contributed by atoms with Crippen molar-refractivity contribution in [1.29, 1.82) is 0 Å². The highest BCUT2D eigenvalue weighted by molar-refractivity contribution is 6.07. The minimum absolute atomic E-state index is 0.335. The van der Waals surface area contributed by atoms with Gasteiger partial charge >= 0.3 is 5.97 Å². The molecule has 0 radical (unpaired) electrons. The first kappa shape index (κ1) is 14.5. The van der Waals surface area contributed by atoms with Gasteiger partial charge in [0, 0.05) is 11.6 Å². The van der Waals surface area contributed by atoms with E-state index in [1.165, 1.54) is 0 Å². The Morgan fingerprint density at radius 3 is 1.90 bits per heavy atom. The highest BCUT2D eigenvalue weighted by Gasteiger charge is 2.04. The van der Waals surface area contributed by atoms with Gasteiger partial charge in [-0.15, -0.1) is 0 Å². The summed E-state index contributed by atoms with van der Waals surface area (Å²) in [6.07, 6.45) is 1.88. The van der Waals surface area contributed by atoms with E-state index >= 15 is 0 Å². The van der Waals surface area contributed by atoms with E-state index < -0.39 is 5.97 Å². The van der Waals surface area contributed by atoms with Gasteiger partial charge in [0.15, 0.2) is 5.78 Å². The van der Waals surface area contributed by atoms with Crippen LogP contribution in [-0.2, 0) is 4.79 Å². The Morgan fingerprint density at radius 2 is 1.43 bits per heavy atom. The molecule has 0 aromatic heterocycles. The van der Waals surface area contributed by atoms with Gasteiger partial charge in [-0.25, -0.2) is 4.79 Å². The second-order valence-corrected chi connectivity index (χ2v) is 4.34. The van der Waals surface area contributed by atoms with Crippen LogP contribution in [-0.4, -0.2) is 24.0 Å². The molecule has 0 heterocycles. The van der Waals surface area contributed by atoms with E-state index in [0.29, 0.717) is 5.56 Å². The maximum Gasteiger partial charge on any atom is 0.328 e. The monoisotopic (exact) mass is 282 g/mol. The Balaban J connectivity index is 2.18. The van der Waals surface area contributed by atoms with Crippen molar-refractivity contribution in [3.8, 4) is 16.9 Å². The molecular weight excluding hydrogens is 268 g/mol. The van der Waals surface area contributed by atoms with E-state index in [4.69, 9.17) is 9.84 Å². The van der Waals surface area contributed by atoms with Crippen LogP contribution in [0.25, 0.3) is 11.1 Å². The summed E-state index contributed by atoms with van der Waals surface area (Å²) in [4.78, 5) is 22.1. The molecule has 0 fully saturated rings. The standard InChI is InChI=1S/C17H14O4/c1-21-15-8-6-13(7-9-15)12-2-4-14(5-3-12)16(18)10-11-17(19)20/h2-11H,1H3,(H,19,20)/b11-10+. The second kappa shape index (κ2) is 6.52. The molecule has 0 bridgehead atoms. The molecule has 0 saturated heterocycles. The van der Waals surface area contributed by atoms with Crippen LogP contribution >= 0.6 is 0 Å². The summed E-state index contributed by atoms with van der Waals surface area (Å²) in [5.41, 5.74) is 2.43. The fourth-order valence-electron chi connectivity index (χ4n) is 1.85. The van der Waals surface area contributed by atoms with Crippen LogP contribution in [0.1, 0.15) is 10.4 Å². The van der Waals surface area contributed by atoms with Gasteiger partial charge in [0.25, 0.3) is 0 Å². The zero-order valence-corrected chi connectivity index (χ0v) is 11.4. The number of benzene rings is 2. The number of carboxylic acid groups (broad SMARTS) is 1. The molecule has 0 aliphatic carbocycles. The molecule has 0 spiro atoms. The summed E-state index contributed by atoms with van der Waals surface area (Å²) in [5.74, 6) is -0.693. The molecule has 4 nitrogen and oxygen atoms in total. The number of methoxy groups -OCH3 is 1. The van der Waals surface area contributed by atoms with Crippen molar-refractivity contribution in [2.45, 2.75) is 0 Å². The van der Waals surface area contributed by atoms with Gasteiger partial charge in [-0.1, -0.05) is 36.4 Å². The quantitative estimate of drug-likeness (QED) is 0.675. The average molecular weight is 282 g/mol. The molecule has 0 amide bonds.